The Morgan fingerprint density at radius 2 is 2.09 bits per heavy atom. The minimum atomic E-state index is -1.07. The van der Waals surface area contributed by atoms with E-state index in [9.17, 15) is 23.9 Å². The number of aromatic hydroxyl groups is 1. The summed E-state index contributed by atoms with van der Waals surface area (Å²) < 4.78 is 14.9. The van der Waals surface area contributed by atoms with Crippen molar-refractivity contribution in [2.45, 2.75) is 18.6 Å². The number of carbonyl (C=O) groups is 3. The van der Waals surface area contributed by atoms with Gasteiger partial charge in [0, 0.05) is 31.8 Å². The summed E-state index contributed by atoms with van der Waals surface area (Å²) in [4.78, 5) is 40.2. The van der Waals surface area contributed by atoms with Crippen LogP contribution in [0.15, 0.2) is 45.9 Å². The highest BCUT2D eigenvalue weighted by Gasteiger charge is 2.18. The highest BCUT2D eigenvalue weighted by atomic mass is 127. The summed E-state index contributed by atoms with van der Waals surface area (Å²) in [7, 11) is 0. The molecular formula is C22H22BrFIN5O4. The van der Waals surface area contributed by atoms with Gasteiger partial charge in [0.15, 0.2) is 5.96 Å². The monoisotopic (exact) mass is 645 g/mol. The van der Waals surface area contributed by atoms with Crippen molar-refractivity contribution >= 4 is 68.3 Å². The Morgan fingerprint density at radius 3 is 2.76 bits per heavy atom. The third kappa shape index (κ3) is 7.65. The number of phenols is 1. The maximum atomic E-state index is 13.2. The average molecular weight is 646 g/mol. The van der Waals surface area contributed by atoms with Gasteiger partial charge < -0.3 is 31.2 Å². The van der Waals surface area contributed by atoms with Crippen LogP contribution in [0.1, 0.15) is 28.4 Å². The number of carbonyl (C=O) groups excluding carboxylic acids is 3. The molecular weight excluding hydrogens is 624 g/mol. The van der Waals surface area contributed by atoms with Crippen LogP contribution >= 0.6 is 38.5 Å². The summed E-state index contributed by atoms with van der Waals surface area (Å²) in [5.74, 6) is -0.904. The lowest BCUT2D eigenvalue weighted by atomic mass is 10.0. The van der Waals surface area contributed by atoms with Crippen LogP contribution < -0.4 is 21.3 Å². The van der Waals surface area contributed by atoms with Crippen LogP contribution in [0.5, 0.6) is 5.75 Å². The molecule has 34 heavy (non-hydrogen) atoms. The number of alkyl halides is 1. The van der Waals surface area contributed by atoms with E-state index in [1.807, 2.05) is 18.2 Å². The van der Waals surface area contributed by atoms with Crippen molar-refractivity contribution in [3.05, 3.63) is 55.6 Å². The number of nitrogens with one attached hydrogen (secondary N) is 4. The van der Waals surface area contributed by atoms with Gasteiger partial charge in [0.1, 0.15) is 18.2 Å². The minimum absolute atomic E-state index is 0.0147. The van der Waals surface area contributed by atoms with E-state index >= 15 is 0 Å². The van der Waals surface area contributed by atoms with Crippen molar-refractivity contribution in [2.24, 2.45) is 4.99 Å². The summed E-state index contributed by atoms with van der Waals surface area (Å²) >= 11 is 5.54. The van der Waals surface area contributed by atoms with Gasteiger partial charge in [-0.3, -0.25) is 9.59 Å². The summed E-state index contributed by atoms with van der Waals surface area (Å²) in [6.07, 6.45) is -0.271. The lowest BCUT2D eigenvalue weighted by molar-refractivity contribution is -0.121. The molecule has 3 rings (SSSR count). The molecule has 0 radical (unpaired) electrons. The first kappa shape index (κ1) is 25.9. The molecule has 1 aliphatic heterocycles. The maximum absolute atomic E-state index is 13.2. The molecule has 2 aromatic rings. The molecule has 5 N–H and O–H groups in total. The van der Waals surface area contributed by atoms with Crippen LogP contribution in [-0.2, 0) is 9.59 Å². The van der Waals surface area contributed by atoms with E-state index in [0.717, 1.165) is 19.9 Å². The summed E-state index contributed by atoms with van der Waals surface area (Å²) in [6.45, 7) is -0.206. The zero-order chi connectivity index (χ0) is 24.7. The molecule has 2 aromatic carbocycles. The number of aliphatic imine (C=N–C) groups is 1. The van der Waals surface area contributed by atoms with E-state index in [0.29, 0.717) is 11.6 Å². The number of guanidine groups is 1. The SMILES string of the molecule is O=CC[C@@H](NC(=O)CNC(=O)c1cc(O)cc(NC2=NCC(F)CN2)c1)c1cc(Br)cc(I)c1. The van der Waals surface area contributed by atoms with Crippen molar-refractivity contribution in [1.82, 2.24) is 16.0 Å². The molecule has 0 aromatic heterocycles. The third-order valence-corrected chi connectivity index (χ3v) is 5.83. The van der Waals surface area contributed by atoms with E-state index < -0.39 is 24.0 Å². The van der Waals surface area contributed by atoms with Crippen LogP contribution in [0, 0.1) is 3.57 Å². The van der Waals surface area contributed by atoms with E-state index in [2.05, 4.69) is 64.8 Å². The van der Waals surface area contributed by atoms with E-state index in [1.54, 1.807) is 0 Å². The molecule has 12 heteroatoms. The maximum Gasteiger partial charge on any atom is 0.251 e. The molecule has 0 aliphatic carbocycles. The van der Waals surface area contributed by atoms with E-state index in [4.69, 9.17) is 0 Å². The van der Waals surface area contributed by atoms with E-state index in [1.165, 1.54) is 18.2 Å². The van der Waals surface area contributed by atoms with Gasteiger partial charge >= 0.3 is 0 Å². The second-order valence-electron chi connectivity index (χ2n) is 7.47. The topological polar surface area (TPSA) is 132 Å². The third-order valence-electron chi connectivity index (χ3n) is 4.75. The van der Waals surface area contributed by atoms with Gasteiger partial charge in [-0.05, 0) is 58.5 Å². The standard InChI is InChI=1S/C22H22BrFIN5O4/c23-14-3-12(4-16(25)7-14)19(1-2-31)30-20(33)11-26-21(34)13-5-17(8-18(32)6-13)29-22-27-9-15(24)10-28-22/h2-8,15,19,32H,1,9-11H2,(H,26,34)(H,30,33)(H2,27,28,29)/t19-/m1/s1. The molecule has 2 atom stereocenters. The van der Waals surface area contributed by atoms with Crippen LogP contribution in [-0.4, -0.2) is 55.0 Å². The number of benzene rings is 2. The van der Waals surface area contributed by atoms with Crippen molar-refractivity contribution in [3.8, 4) is 5.75 Å². The molecule has 0 saturated carbocycles. The predicted molar refractivity (Wildman–Crippen MR) is 138 cm³/mol. The highest BCUT2D eigenvalue weighted by Crippen LogP contribution is 2.24. The van der Waals surface area contributed by atoms with Gasteiger partial charge in [-0.25, -0.2) is 9.38 Å². The van der Waals surface area contributed by atoms with Gasteiger partial charge in [0.05, 0.1) is 25.7 Å². The number of amides is 2. The first-order valence-electron chi connectivity index (χ1n) is 10.2. The van der Waals surface area contributed by atoms with Gasteiger partial charge in [0.25, 0.3) is 5.91 Å². The zero-order valence-corrected chi connectivity index (χ0v) is 21.5. The fourth-order valence-corrected chi connectivity index (χ4v) is 4.85. The van der Waals surface area contributed by atoms with Crippen LogP contribution in [0.4, 0.5) is 10.1 Å². The Balaban J connectivity index is 1.61. The minimum Gasteiger partial charge on any atom is -0.508 e. The van der Waals surface area contributed by atoms with Crippen molar-refractivity contribution in [3.63, 3.8) is 0 Å². The summed E-state index contributed by atoms with van der Waals surface area (Å²) in [6, 6.07) is 9.14. The number of nitrogens with zero attached hydrogens (tertiary/aromatic N) is 1. The van der Waals surface area contributed by atoms with Crippen molar-refractivity contribution in [2.75, 3.05) is 25.0 Å². The normalized spacial score (nSPS) is 16.0. The first-order valence-corrected chi connectivity index (χ1v) is 12.1. The lowest BCUT2D eigenvalue weighted by Gasteiger charge is -2.19. The average Bonchev–Trinajstić information content (AvgIpc) is 2.77. The number of anilines is 1. The molecule has 1 heterocycles. The number of phenolic OH excluding ortho intramolecular Hbond substituents is 1. The molecule has 1 unspecified atom stereocenters. The molecule has 0 fully saturated rings. The van der Waals surface area contributed by atoms with Gasteiger partial charge in [-0.1, -0.05) is 15.9 Å². The Bertz CT molecular complexity index is 1100. The second-order valence-corrected chi connectivity index (χ2v) is 9.63. The summed E-state index contributed by atoms with van der Waals surface area (Å²) in [5, 5.41) is 20.9. The predicted octanol–water partition coefficient (Wildman–Crippen LogP) is 2.64. The molecule has 9 nitrogen and oxygen atoms in total. The zero-order valence-electron chi connectivity index (χ0n) is 17.8. The first-order chi connectivity index (χ1) is 16.2. The summed E-state index contributed by atoms with van der Waals surface area (Å²) in [5.41, 5.74) is 1.24. The molecule has 180 valence electrons. The highest BCUT2D eigenvalue weighted by molar-refractivity contribution is 14.1. The smallest absolute Gasteiger partial charge is 0.251 e. The van der Waals surface area contributed by atoms with Gasteiger partial charge in [0.2, 0.25) is 5.91 Å². The number of halogens is 3. The lowest BCUT2D eigenvalue weighted by Crippen LogP contribution is -2.41. The van der Waals surface area contributed by atoms with Gasteiger partial charge in [-0.2, -0.15) is 0 Å². The molecule has 0 bridgehead atoms. The van der Waals surface area contributed by atoms with Crippen LogP contribution in [0.3, 0.4) is 0 Å². The molecule has 0 spiro atoms. The quantitative estimate of drug-likeness (QED) is 0.222. The fraction of sp³-hybridized carbons (Fsp3) is 0.273. The number of hydrogen-bond donors (Lipinski definition) is 5. The van der Waals surface area contributed by atoms with E-state index in [-0.39, 0.29) is 37.4 Å². The van der Waals surface area contributed by atoms with Crippen molar-refractivity contribution in [1.29, 1.82) is 0 Å². The van der Waals surface area contributed by atoms with Crippen LogP contribution in [0.25, 0.3) is 0 Å². The number of aldehydes is 1. The second kappa shape index (κ2) is 12.1. The molecule has 2 amide bonds. The Kier molecular flexibility index (Phi) is 9.21. The Labute approximate surface area is 217 Å². The Hall–Kier alpha value is -2.74. The molecule has 1 aliphatic rings. The van der Waals surface area contributed by atoms with Crippen LogP contribution in [0.2, 0.25) is 0 Å². The Morgan fingerprint density at radius 1 is 1.29 bits per heavy atom. The number of hydrogen-bond acceptors (Lipinski definition) is 7. The van der Waals surface area contributed by atoms with Crippen molar-refractivity contribution < 1.29 is 23.9 Å². The molecule has 0 saturated heterocycles. The number of rotatable bonds is 8. The largest absolute Gasteiger partial charge is 0.508 e. The van der Waals surface area contributed by atoms with Gasteiger partial charge in [-0.15, -0.1) is 0 Å². The fourth-order valence-electron chi connectivity index (χ4n) is 3.21.